The highest BCUT2D eigenvalue weighted by Gasteiger charge is 2.54. The van der Waals surface area contributed by atoms with Gasteiger partial charge in [0.2, 0.25) is 17.7 Å². The van der Waals surface area contributed by atoms with Crippen molar-refractivity contribution in [1.29, 1.82) is 0 Å². The molecule has 4 aliphatic rings. The number of amides is 4. The number of nitrogens with two attached hydrogens (primary N) is 1. The lowest BCUT2D eigenvalue weighted by Gasteiger charge is -2.29. The van der Waals surface area contributed by atoms with Crippen LogP contribution in [0, 0.1) is 5.92 Å². The molecule has 4 fully saturated rings. The summed E-state index contributed by atoms with van der Waals surface area (Å²) in [5, 5.41) is 2.45. The third-order valence-corrected chi connectivity index (χ3v) is 15.1. The Morgan fingerprint density at radius 1 is 0.787 bits per heavy atom. The van der Waals surface area contributed by atoms with E-state index in [-0.39, 0.29) is 117 Å². The standard InChI is InChI=1S/C40H54F2N12O17P2S2/c1-22-15-26(56)52(37(22)57)5-7-62-10-12-64-14-13-63-11-9-61-6-3-25(55)51(2)4-8-65-40(58)50-34-30-36(47-19-45-34)54(21-49-30)39-28(42)32-24(69-39)17-67-72(59,74)70-31-23(16-66-73(60,75)71-32)68-38(27(31)41)53-20-48-29-33(43)44-18-46-35(29)53/h18-24,27-28,31-32,38-39H,3-17H2,1-2H3,(H,59,74)(H,60,75)(H2,43,44,46)(H,45,47,50,58)/t22?,23-,24-,27-,28-,31-,32-,38-,39-,72?,73?/m1/s1. The van der Waals surface area contributed by atoms with E-state index in [4.69, 9.17) is 80.6 Å². The van der Waals surface area contributed by atoms with Crippen molar-refractivity contribution in [2.45, 2.75) is 69.0 Å². The third kappa shape index (κ3) is 14.0. The molecule has 412 valence electrons. The minimum Gasteiger partial charge on any atom is -0.447 e. The molecule has 0 bridgehead atoms. The van der Waals surface area contributed by atoms with E-state index >= 15 is 8.78 Å². The lowest BCUT2D eigenvalue weighted by molar-refractivity contribution is -0.140. The molecule has 0 aliphatic carbocycles. The van der Waals surface area contributed by atoms with E-state index in [1.165, 1.54) is 27.7 Å². The molecule has 75 heavy (non-hydrogen) atoms. The number of fused-ring (bicyclic) bond motifs is 4. The zero-order valence-corrected chi connectivity index (χ0v) is 43.6. The summed E-state index contributed by atoms with van der Waals surface area (Å²) in [4.78, 5) is 98.7. The number of aromatic nitrogens is 8. The molecule has 5 N–H and O–H groups in total. The Balaban J connectivity index is 0.749. The number of ether oxygens (including phenoxy) is 7. The Kier molecular flexibility index (Phi) is 19.1. The largest absolute Gasteiger partial charge is 0.447 e. The van der Waals surface area contributed by atoms with E-state index in [9.17, 15) is 29.0 Å². The summed E-state index contributed by atoms with van der Waals surface area (Å²) < 4.78 is 96.6. The van der Waals surface area contributed by atoms with Crippen LogP contribution in [0.5, 0.6) is 0 Å². The van der Waals surface area contributed by atoms with Gasteiger partial charge in [0.15, 0.2) is 53.2 Å². The van der Waals surface area contributed by atoms with Gasteiger partial charge in [-0.15, -0.1) is 0 Å². The van der Waals surface area contributed by atoms with E-state index in [1.807, 2.05) is 0 Å². The van der Waals surface area contributed by atoms with Gasteiger partial charge in [0.25, 0.3) is 0 Å². The highest BCUT2D eigenvalue weighted by Crippen LogP contribution is 2.55. The second kappa shape index (κ2) is 25.3. The lowest BCUT2D eigenvalue weighted by atomic mass is 10.1. The highest BCUT2D eigenvalue weighted by atomic mass is 32.5. The summed E-state index contributed by atoms with van der Waals surface area (Å²) in [6.45, 7) is -6.18. The fraction of sp³-hybridized carbons (Fsp3) is 0.650. The maximum Gasteiger partial charge on any atom is 0.412 e. The minimum atomic E-state index is -4.39. The second-order valence-corrected chi connectivity index (χ2v) is 22.7. The maximum absolute atomic E-state index is 16.6. The predicted octanol–water partition coefficient (Wildman–Crippen LogP) is 0.829. The van der Waals surface area contributed by atoms with Crippen LogP contribution in [0.2, 0.25) is 0 Å². The number of carbonyl (C=O) groups excluding carboxylic acids is 4. The van der Waals surface area contributed by atoms with Gasteiger partial charge in [-0.2, -0.15) is 0 Å². The number of anilines is 2. The summed E-state index contributed by atoms with van der Waals surface area (Å²) in [7, 11) is 1.53. The van der Waals surface area contributed by atoms with Crippen LogP contribution in [0.1, 0.15) is 32.2 Å². The quantitative estimate of drug-likeness (QED) is 0.0510. The molecule has 0 saturated carbocycles. The number of nitrogens with zero attached hydrogens (tertiary/aromatic N) is 10. The number of likely N-dealkylation sites (N-methyl/N-ethyl adjacent to an activating group) is 1. The third-order valence-electron chi connectivity index (χ3n) is 12.0. The number of likely N-dealkylation sites (tertiary alicyclic amines) is 1. The van der Waals surface area contributed by atoms with Crippen molar-refractivity contribution >= 4 is 94.8 Å². The Morgan fingerprint density at radius 3 is 1.87 bits per heavy atom. The summed E-state index contributed by atoms with van der Waals surface area (Å²) in [5.41, 5.74) is 6.13. The topological polar surface area (TPSA) is 342 Å². The summed E-state index contributed by atoms with van der Waals surface area (Å²) in [5.74, 6) is -1.00. The van der Waals surface area contributed by atoms with Gasteiger partial charge < -0.3 is 62.6 Å². The van der Waals surface area contributed by atoms with Crippen molar-refractivity contribution in [2.75, 3.05) is 104 Å². The number of hydrogen-bond acceptors (Lipinski definition) is 24. The average Bonchev–Trinajstić information content (AvgIpc) is 4.18. The first-order valence-electron chi connectivity index (χ1n) is 23.3. The lowest BCUT2D eigenvalue weighted by Crippen LogP contribution is -2.37. The number of rotatable bonds is 21. The molecular weight excluding hydrogens is 1080 g/mol. The molecule has 4 saturated heterocycles. The van der Waals surface area contributed by atoms with Gasteiger partial charge in [-0.25, -0.2) is 43.5 Å². The van der Waals surface area contributed by atoms with Gasteiger partial charge in [-0.1, -0.05) is 6.92 Å². The Morgan fingerprint density at radius 2 is 1.31 bits per heavy atom. The molecule has 0 spiro atoms. The van der Waals surface area contributed by atoms with Gasteiger partial charge in [-0.3, -0.25) is 42.8 Å². The molecule has 8 rings (SSSR count). The number of carbonyl (C=O) groups is 4. The molecule has 4 amide bonds. The van der Waals surface area contributed by atoms with E-state index in [1.54, 1.807) is 6.92 Å². The summed E-state index contributed by atoms with van der Waals surface area (Å²) in [6.07, 6.45) is -9.54. The molecule has 4 aromatic heterocycles. The van der Waals surface area contributed by atoms with E-state index in [0.29, 0.717) is 26.4 Å². The van der Waals surface area contributed by atoms with Crippen molar-refractivity contribution in [2.24, 2.45) is 5.92 Å². The van der Waals surface area contributed by atoms with Crippen LogP contribution in [0.15, 0.2) is 25.3 Å². The average molecular weight is 1140 g/mol. The Hall–Kier alpha value is -4.54. The van der Waals surface area contributed by atoms with Gasteiger partial charge in [0, 0.05) is 19.4 Å². The van der Waals surface area contributed by atoms with Crippen molar-refractivity contribution < 1.29 is 89.0 Å². The van der Waals surface area contributed by atoms with E-state index in [2.05, 4.69) is 35.2 Å². The van der Waals surface area contributed by atoms with Crippen molar-refractivity contribution in [3.8, 4) is 0 Å². The van der Waals surface area contributed by atoms with Gasteiger partial charge in [0.1, 0.15) is 49.2 Å². The maximum atomic E-state index is 16.6. The number of alkyl halides is 2. The molecule has 4 aromatic rings. The summed E-state index contributed by atoms with van der Waals surface area (Å²) in [6, 6.07) is 0. The monoisotopic (exact) mass is 1140 g/mol. The van der Waals surface area contributed by atoms with E-state index in [0.717, 1.165) is 23.5 Å². The molecule has 35 heteroatoms. The van der Waals surface area contributed by atoms with Crippen molar-refractivity contribution in [3.63, 3.8) is 0 Å². The molecule has 29 nitrogen and oxygen atoms in total. The van der Waals surface area contributed by atoms with Crippen LogP contribution in [0.3, 0.4) is 0 Å². The number of halogens is 2. The van der Waals surface area contributed by atoms with Crippen molar-refractivity contribution in [3.05, 3.63) is 25.3 Å². The number of hydrogen-bond donors (Lipinski definition) is 4. The smallest absolute Gasteiger partial charge is 0.412 e. The van der Waals surface area contributed by atoms with Crippen LogP contribution in [0.25, 0.3) is 22.3 Å². The minimum absolute atomic E-state index is 0.0133. The van der Waals surface area contributed by atoms with Crippen LogP contribution in [0.4, 0.5) is 25.2 Å². The van der Waals surface area contributed by atoms with Gasteiger partial charge in [0.05, 0.1) is 98.2 Å². The van der Waals surface area contributed by atoms with Crippen LogP contribution in [-0.2, 0) is 89.3 Å². The number of nitrogens with one attached hydrogen (secondary N) is 1. The molecule has 3 unspecified atom stereocenters. The second-order valence-electron chi connectivity index (χ2n) is 17.1. The zero-order valence-electron chi connectivity index (χ0n) is 40.1. The van der Waals surface area contributed by atoms with E-state index < -0.39 is 82.0 Å². The highest BCUT2D eigenvalue weighted by molar-refractivity contribution is 8.07. The first kappa shape index (κ1) is 56.7. The van der Waals surface area contributed by atoms with Crippen molar-refractivity contribution in [1.82, 2.24) is 48.8 Å². The normalized spacial score (nSPS) is 29.3. The first-order valence-corrected chi connectivity index (χ1v) is 28.4. The number of imidazole rings is 2. The molecule has 0 radical (unpaired) electrons. The van der Waals surface area contributed by atoms with Gasteiger partial charge in [-0.05, 0) is 23.6 Å². The van der Waals surface area contributed by atoms with Gasteiger partial charge >= 0.3 is 19.5 Å². The molecule has 4 aliphatic heterocycles. The fourth-order valence-corrected chi connectivity index (χ4v) is 11.0. The molecule has 11 atom stereocenters. The molecule has 0 aromatic carbocycles. The predicted molar refractivity (Wildman–Crippen MR) is 258 cm³/mol. The summed E-state index contributed by atoms with van der Waals surface area (Å²) >= 11 is 10.5. The number of imide groups is 1. The Bertz CT molecular complexity index is 2780. The molecular formula is C40H54F2N12O17P2S2. The van der Waals surface area contributed by atoms with Crippen LogP contribution in [-0.4, -0.2) is 212 Å². The van der Waals surface area contributed by atoms with Crippen LogP contribution < -0.4 is 11.1 Å². The zero-order chi connectivity index (χ0) is 53.4. The number of nitrogen functional groups attached to an aromatic ring is 1. The first-order chi connectivity index (χ1) is 35.9. The fourth-order valence-electron chi connectivity index (χ4n) is 8.13. The Labute approximate surface area is 435 Å². The SMILES string of the molecule is CC1CC(=O)N(CCOCCOCCOCCOCCC(=O)N(C)CCOC(=O)Nc2ncnc3c2ncn3[C@@H]2O[C@@H]3COP(O)(=S)O[C@H]4[C@@H](F)[C@H](n5cnc6c(N)ncnc65)O[C@@H]4COP(O)(=S)O[C@H]3[C@H]2F)C1=O. The molecule has 8 heterocycles. The van der Waals surface area contributed by atoms with Crippen LogP contribution >= 0.6 is 13.4 Å².